The van der Waals surface area contributed by atoms with Crippen molar-refractivity contribution in [3.8, 4) is 0 Å². The van der Waals surface area contributed by atoms with Gasteiger partial charge >= 0.3 is 0 Å². The number of nitrogens with two attached hydrogens (primary N) is 1. The maximum Gasteiger partial charge on any atom is 0.227 e. The monoisotopic (exact) mass is 304 g/mol. The molecule has 3 N–H and O–H groups in total. The van der Waals surface area contributed by atoms with Crippen LogP contribution in [0.3, 0.4) is 0 Å². The van der Waals surface area contributed by atoms with Crippen molar-refractivity contribution >= 4 is 5.91 Å². The van der Waals surface area contributed by atoms with Gasteiger partial charge in [-0.25, -0.2) is 0 Å². The number of nitrogens with one attached hydrogen (secondary N) is 1. The lowest BCUT2D eigenvalue weighted by Crippen LogP contribution is -2.48. The number of carbonyl (C=O) groups is 1. The van der Waals surface area contributed by atoms with E-state index in [-0.39, 0.29) is 11.3 Å². The zero-order chi connectivity index (χ0) is 16.2. The Morgan fingerprint density at radius 3 is 2.32 bits per heavy atom. The minimum Gasteiger partial charge on any atom is -0.381 e. The summed E-state index contributed by atoms with van der Waals surface area (Å²) in [5.41, 5.74) is 7.96. The van der Waals surface area contributed by atoms with E-state index in [1.807, 2.05) is 0 Å². The number of amides is 1. The molecule has 1 aromatic rings. The van der Waals surface area contributed by atoms with Gasteiger partial charge in [-0.15, -0.1) is 0 Å². The molecule has 1 saturated heterocycles. The van der Waals surface area contributed by atoms with E-state index in [9.17, 15) is 4.79 Å². The van der Waals surface area contributed by atoms with E-state index >= 15 is 0 Å². The molecule has 0 unspecified atom stereocenters. The highest BCUT2D eigenvalue weighted by Crippen LogP contribution is 2.29. The van der Waals surface area contributed by atoms with Crippen molar-refractivity contribution in [2.45, 2.75) is 45.6 Å². The molecule has 1 amide bonds. The predicted molar refractivity (Wildman–Crippen MR) is 88.5 cm³/mol. The van der Waals surface area contributed by atoms with Crippen LogP contribution in [0.1, 0.15) is 44.7 Å². The van der Waals surface area contributed by atoms with Crippen molar-refractivity contribution in [3.63, 3.8) is 0 Å². The van der Waals surface area contributed by atoms with E-state index in [1.165, 1.54) is 5.56 Å². The third kappa shape index (κ3) is 3.87. The third-order valence-electron chi connectivity index (χ3n) is 4.60. The van der Waals surface area contributed by atoms with Crippen molar-refractivity contribution in [2.24, 2.45) is 11.1 Å². The first-order valence-electron chi connectivity index (χ1n) is 8.03. The summed E-state index contributed by atoms with van der Waals surface area (Å²) in [6, 6.07) is 8.43. The first-order valence-corrected chi connectivity index (χ1v) is 8.03. The summed E-state index contributed by atoms with van der Waals surface area (Å²) in [4.78, 5) is 12.5. The maximum atomic E-state index is 12.5. The molecule has 4 heteroatoms. The van der Waals surface area contributed by atoms with Gasteiger partial charge in [0.05, 0.1) is 5.41 Å². The van der Waals surface area contributed by atoms with Crippen LogP contribution in [0.5, 0.6) is 0 Å². The largest absolute Gasteiger partial charge is 0.381 e. The molecule has 122 valence electrons. The molecule has 1 aromatic carbocycles. The second-order valence-corrected chi connectivity index (χ2v) is 7.23. The zero-order valence-corrected chi connectivity index (χ0v) is 13.9. The molecule has 1 heterocycles. The fourth-order valence-electron chi connectivity index (χ4n) is 2.78. The van der Waals surface area contributed by atoms with Gasteiger partial charge in [-0.1, -0.05) is 45.0 Å². The molecule has 0 radical (unpaired) electrons. The number of hydrogen-bond acceptors (Lipinski definition) is 3. The summed E-state index contributed by atoms with van der Waals surface area (Å²) in [6.07, 6.45) is 1.41. The molecule has 1 aliphatic heterocycles. The van der Waals surface area contributed by atoms with Gasteiger partial charge in [0, 0.05) is 26.3 Å². The highest BCUT2D eigenvalue weighted by atomic mass is 16.5. The van der Waals surface area contributed by atoms with Gasteiger partial charge in [-0.2, -0.15) is 0 Å². The van der Waals surface area contributed by atoms with Crippen LogP contribution in [-0.4, -0.2) is 25.7 Å². The Balaban J connectivity index is 1.96. The Morgan fingerprint density at radius 2 is 1.82 bits per heavy atom. The minimum atomic E-state index is -0.455. The Hall–Kier alpha value is -1.39. The molecule has 1 aliphatic rings. The average Bonchev–Trinajstić information content (AvgIpc) is 2.52. The predicted octanol–water partition coefficient (Wildman–Crippen LogP) is 2.36. The van der Waals surface area contributed by atoms with Crippen LogP contribution >= 0.6 is 0 Å². The maximum absolute atomic E-state index is 12.5. The highest BCUT2D eigenvalue weighted by Gasteiger charge is 2.38. The number of ether oxygens (including phenoxy) is 1. The summed E-state index contributed by atoms with van der Waals surface area (Å²) < 4.78 is 5.35. The first kappa shape index (κ1) is 17.0. The van der Waals surface area contributed by atoms with Crippen molar-refractivity contribution in [1.29, 1.82) is 0 Å². The second kappa shape index (κ2) is 6.80. The Morgan fingerprint density at radius 1 is 1.23 bits per heavy atom. The van der Waals surface area contributed by atoms with Crippen molar-refractivity contribution in [1.82, 2.24) is 5.32 Å². The van der Waals surface area contributed by atoms with E-state index in [2.05, 4.69) is 50.4 Å². The molecular weight excluding hydrogens is 276 g/mol. The van der Waals surface area contributed by atoms with Crippen molar-refractivity contribution in [3.05, 3.63) is 35.4 Å². The molecule has 0 saturated carbocycles. The molecule has 0 aliphatic carbocycles. The number of rotatable bonds is 4. The lowest BCUT2D eigenvalue weighted by molar-refractivity contribution is -0.136. The average molecular weight is 304 g/mol. The molecule has 1 fully saturated rings. The molecule has 4 nitrogen and oxygen atoms in total. The van der Waals surface area contributed by atoms with Gasteiger partial charge in [-0.05, 0) is 29.4 Å². The van der Waals surface area contributed by atoms with Crippen LogP contribution in [0.25, 0.3) is 0 Å². The van der Waals surface area contributed by atoms with Gasteiger partial charge in [0.15, 0.2) is 0 Å². The zero-order valence-electron chi connectivity index (χ0n) is 13.9. The third-order valence-corrected chi connectivity index (χ3v) is 4.60. The molecule has 22 heavy (non-hydrogen) atoms. The molecule has 0 atom stereocenters. The van der Waals surface area contributed by atoms with Gasteiger partial charge in [0.2, 0.25) is 5.91 Å². The van der Waals surface area contributed by atoms with Crippen LogP contribution in [0.4, 0.5) is 0 Å². The number of carbonyl (C=O) groups excluding carboxylic acids is 1. The lowest BCUT2D eigenvalue weighted by Gasteiger charge is -2.34. The standard InChI is InChI=1S/C18H28N2O2/c1-17(2,3)15-6-4-14(5-7-15)12-20-16(21)18(13-19)8-10-22-11-9-18/h4-7H,8-13,19H2,1-3H3,(H,20,21). The molecular formula is C18H28N2O2. The molecule has 0 aromatic heterocycles. The quantitative estimate of drug-likeness (QED) is 0.897. The summed E-state index contributed by atoms with van der Waals surface area (Å²) in [7, 11) is 0. The van der Waals surface area contributed by atoms with Gasteiger partial charge in [0.1, 0.15) is 0 Å². The number of benzene rings is 1. The lowest BCUT2D eigenvalue weighted by atomic mass is 9.79. The molecule has 0 spiro atoms. The van der Waals surface area contributed by atoms with E-state index in [1.54, 1.807) is 0 Å². The highest BCUT2D eigenvalue weighted by molar-refractivity contribution is 5.83. The normalized spacial score (nSPS) is 18.0. The van der Waals surface area contributed by atoms with E-state index in [0.717, 1.165) is 5.56 Å². The molecule has 2 rings (SSSR count). The van der Waals surface area contributed by atoms with E-state index in [0.29, 0.717) is 39.1 Å². The smallest absolute Gasteiger partial charge is 0.227 e. The van der Waals surface area contributed by atoms with Crippen LogP contribution in [0.2, 0.25) is 0 Å². The number of hydrogen-bond donors (Lipinski definition) is 2. The fraction of sp³-hybridized carbons (Fsp3) is 0.611. The minimum absolute atomic E-state index is 0.0539. The molecule has 0 bridgehead atoms. The SMILES string of the molecule is CC(C)(C)c1ccc(CNC(=O)C2(CN)CCOCC2)cc1. The van der Waals surface area contributed by atoms with E-state index in [4.69, 9.17) is 10.5 Å². The summed E-state index contributed by atoms with van der Waals surface area (Å²) in [5, 5.41) is 3.04. The fourth-order valence-corrected chi connectivity index (χ4v) is 2.78. The second-order valence-electron chi connectivity index (χ2n) is 7.23. The van der Waals surface area contributed by atoms with Crippen molar-refractivity contribution in [2.75, 3.05) is 19.8 Å². The Bertz CT molecular complexity index is 497. The van der Waals surface area contributed by atoms with Crippen LogP contribution < -0.4 is 11.1 Å². The van der Waals surface area contributed by atoms with Crippen LogP contribution in [-0.2, 0) is 21.5 Å². The van der Waals surface area contributed by atoms with Gasteiger partial charge in [0.25, 0.3) is 0 Å². The Labute approximate surface area is 133 Å². The summed E-state index contributed by atoms with van der Waals surface area (Å²) >= 11 is 0. The van der Waals surface area contributed by atoms with Gasteiger partial charge < -0.3 is 15.8 Å². The van der Waals surface area contributed by atoms with Crippen LogP contribution in [0.15, 0.2) is 24.3 Å². The van der Waals surface area contributed by atoms with Gasteiger partial charge in [-0.3, -0.25) is 4.79 Å². The Kier molecular flexibility index (Phi) is 5.24. The topological polar surface area (TPSA) is 64.4 Å². The van der Waals surface area contributed by atoms with Crippen molar-refractivity contribution < 1.29 is 9.53 Å². The summed E-state index contributed by atoms with van der Waals surface area (Å²) in [5.74, 6) is 0.0539. The summed E-state index contributed by atoms with van der Waals surface area (Å²) in [6.45, 7) is 8.74. The van der Waals surface area contributed by atoms with Crippen LogP contribution in [0, 0.1) is 5.41 Å². The van der Waals surface area contributed by atoms with E-state index < -0.39 is 5.41 Å². The first-order chi connectivity index (χ1) is 10.4.